The van der Waals surface area contributed by atoms with Crippen molar-refractivity contribution in [3.8, 4) is 23.8 Å². The van der Waals surface area contributed by atoms with Crippen molar-refractivity contribution in [3.05, 3.63) is 59.7 Å². The smallest absolute Gasteiger partial charge is 0.191 e. The molecule has 0 aromatic heterocycles. The fourth-order valence-corrected chi connectivity index (χ4v) is 2.53. The van der Waals surface area contributed by atoms with E-state index in [9.17, 15) is 0 Å². The van der Waals surface area contributed by atoms with Gasteiger partial charge in [0.2, 0.25) is 0 Å². The lowest BCUT2D eigenvalue weighted by molar-refractivity contribution is 0.330. The summed E-state index contributed by atoms with van der Waals surface area (Å²) in [6, 6.07) is 16.1. The Bertz CT molecular complexity index is 767. The molecule has 27 heavy (non-hydrogen) atoms. The molecule has 0 unspecified atom stereocenters. The molecule has 0 heterocycles. The van der Waals surface area contributed by atoms with Gasteiger partial charge in [-0.25, -0.2) is 4.99 Å². The fourth-order valence-electron chi connectivity index (χ4n) is 2.53. The highest BCUT2D eigenvalue weighted by molar-refractivity contribution is 5.79. The van der Waals surface area contributed by atoms with Gasteiger partial charge in [-0.05, 0) is 36.6 Å². The number of ether oxygens (including phenoxy) is 2. The molecule has 0 atom stereocenters. The summed E-state index contributed by atoms with van der Waals surface area (Å²) in [6.45, 7) is 4.39. The van der Waals surface area contributed by atoms with Crippen molar-refractivity contribution in [2.75, 3.05) is 26.8 Å². The topological polar surface area (TPSA) is 54.9 Å². The average molecular weight is 365 g/mol. The zero-order chi connectivity index (χ0) is 19.3. The minimum Gasteiger partial charge on any atom is -0.493 e. The molecule has 0 aliphatic heterocycles. The number of nitrogens with zero attached hydrogens (tertiary/aromatic N) is 1. The summed E-state index contributed by atoms with van der Waals surface area (Å²) >= 11 is 0. The molecule has 0 saturated carbocycles. The minimum atomic E-state index is 0.201. The summed E-state index contributed by atoms with van der Waals surface area (Å²) in [4.78, 5) is 4.65. The summed E-state index contributed by atoms with van der Waals surface area (Å²) in [5, 5.41) is 6.63. The second-order valence-electron chi connectivity index (χ2n) is 5.84. The second-order valence-corrected chi connectivity index (χ2v) is 5.84. The molecule has 2 N–H and O–H groups in total. The number of methoxy groups -OCH3 is 1. The van der Waals surface area contributed by atoms with E-state index in [1.807, 2.05) is 31.2 Å². The van der Waals surface area contributed by atoms with Crippen molar-refractivity contribution in [3.63, 3.8) is 0 Å². The number of guanidine groups is 1. The lowest BCUT2D eigenvalue weighted by atomic mass is 10.1. The summed E-state index contributed by atoms with van der Waals surface area (Å²) < 4.78 is 10.8. The van der Waals surface area contributed by atoms with Crippen LogP contribution in [0.1, 0.15) is 18.1 Å². The third-order valence-electron chi connectivity index (χ3n) is 3.85. The van der Waals surface area contributed by atoms with Crippen molar-refractivity contribution in [2.45, 2.75) is 19.9 Å². The molecule has 2 aromatic carbocycles. The first-order chi connectivity index (χ1) is 13.3. The molecule has 2 rings (SSSR count). The molecule has 0 saturated heterocycles. The normalized spacial score (nSPS) is 10.8. The molecule has 0 amide bonds. The van der Waals surface area contributed by atoms with Crippen LogP contribution in [0.3, 0.4) is 0 Å². The first-order valence-electron chi connectivity index (χ1n) is 9.06. The highest BCUT2D eigenvalue weighted by Gasteiger charge is 2.06. The molecule has 0 fully saturated rings. The molecular formula is C22H27N3O2. The van der Waals surface area contributed by atoms with Gasteiger partial charge >= 0.3 is 0 Å². The van der Waals surface area contributed by atoms with E-state index in [0.717, 1.165) is 31.0 Å². The predicted molar refractivity (Wildman–Crippen MR) is 110 cm³/mol. The lowest BCUT2D eigenvalue weighted by Gasteiger charge is -2.12. The van der Waals surface area contributed by atoms with Crippen LogP contribution in [0.2, 0.25) is 0 Å². The van der Waals surface area contributed by atoms with Gasteiger partial charge in [0.05, 0.1) is 13.7 Å². The van der Waals surface area contributed by atoms with Crippen LogP contribution in [-0.2, 0) is 13.0 Å². The lowest BCUT2D eigenvalue weighted by Crippen LogP contribution is -2.38. The first-order valence-corrected chi connectivity index (χ1v) is 9.06. The van der Waals surface area contributed by atoms with Crippen LogP contribution < -0.4 is 20.1 Å². The Morgan fingerprint density at radius 2 is 1.89 bits per heavy atom. The Morgan fingerprint density at radius 1 is 1.07 bits per heavy atom. The molecular weight excluding hydrogens is 338 g/mol. The first kappa shape index (κ1) is 20.2. The SMILES string of the molecule is C#CCOc1cc(CN=C(NCC)NCCc2ccccc2)ccc1OC. The maximum absolute atomic E-state index is 5.55. The van der Waals surface area contributed by atoms with Gasteiger partial charge in [-0.3, -0.25) is 0 Å². The van der Waals surface area contributed by atoms with E-state index < -0.39 is 0 Å². The molecule has 142 valence electrons. The van der Waals surface area contributed by atoms with Crippen molar-refractivity contribution >= 4 is 5.96 Å². The van der Waals surface area contributed by atoms with Crippen molar-refractivity contribution < 1.29 is 9.47 Å². The fraction of sp³-hybridized carbons (Fsp3) is 0.318. The quantitative estimate of drug-likeness (QED) is 0.407. The van der Waals surface area contributed by atoms with Gasteiger partial charge in [0, 0.05) is 13.1 Å². The highest BCUT2D eigenvalue weighted by atomic mass is 16.5. The number of nitrogens with one attached hydrogen (secondary N) is 2. The minimum absolute atomic E-state index is 0.201. The van der Waals surface area contributed by atoms with E-state index >= 15 is 0 Å². The number of aliphatic imine (C=N–C) groups is 1. The van der Waals surface area contributed by atoms with Crippen LogP contribution in [0.25, 0.3) is 0 Å². The average Bonchev–Trinajstić information content (AvgIpc) is 2.71. The number of terminal acetylenes is 1. The maximum Gasteiger partial charge on any atom is 0.191 e. The maximum atomic E-state index is 5.55. The summed E-state index contributed by atoms with van der Waals surface area (Å²) in [5.41, 5.74) is 2.31. The standard InChI is InChI=1S/C22H27N3O2/c1-4-15-27-21-16-19(11-12-20(21)26-3)17-25-22(23-5-2)24-14-13-18-9-7-6-8-10-18/h1,6-12,16H,5,13-15,17H2,2-3H3,(H2,23,24,25). The highest BCUT2D eigenvalue weighted by Crippen LogP contribution is 2.28. The summed E-state index contributed by atoms with van der Waals surface area (Å²) in [7, 11) is 1.61. The molecule has 0 spiro atoms. The number of benzene rings is 2. The Balaban J connectivity index is 1.97. The van der Waals surface area contributed by atoms with E-state index in [2.05, 4.69) is 45.8 Å². The van der Waals surface area contributed by atoms with Crippen molar-refractivity contribution in [1.29, 1.82) is 0 Å². The summed E-state index contributed by atoms with van der Waals surface area (Å²) in [6.07, 6.45) is 6.21. The van der Waals surface area contributed by atoms with Crippen molar-refractivity contribution in [1.82, 2.24) is 10.6 Å². The van der Waals surface area contributed by atoms with Crippen LogP contribution in [-0.4, -0.2) is 32.8 Å². The Labute approximate surface area is 161 Å². The van der Waals surface area contributed by atoms with Gasteiger partial charge in [-0.15, -0.1) is 6.42 Å². The van der Waals surface area contributed by atoms with Gasteiger partial charge < -0.3 is 20.1 Å². The van der Waals surface area contributed by atoms with Crippen LogP contribution >= 0.6 is 0 Å². The van der Waals surface area contributed by atoms with Gasteiger partial charge in [0.15, 0.2) is 17.5 Å². The number of hydrogen-bond donors (Lipinski definition) is 2. The molecule has 5 nitrogen and oxygen atoms in total. The van der Waals surface area contributed by atoms with Gasteiger partial charge in [0.25, 0.3) is 0 Å². The molecule has 0 aliphatic rings. The van der Waals surface area contributed by atoms with Crippen LogP contribution in [0.15, 0.2) is 53.5 Å². The molecule has 0 radical (unpaired) electrons. The third-order valence-corrected chi connectivity index (χ3v) is 3.85. The Hall–Kier alpha value is -3.13. The monoisotopic (exact) mass is 365 g/mol. The number of rotatable bonds is 9. The van der Waals surface area contributed by atoms with E-state index in [-0.39, 0.29) is 6.61 Å². The van der Waals surface area contributed by atoms with Gasteiger partial charge in [-0.2, -0.15) is 0 Å². The molecule has 5 heteroatoms. The third kappa shape index (κ3) is 6.95. The summed E-state index contributed by atoms with van der Waals surface area (Å²) in [5.74, 6) is 4.54. The van der Waals surface area contributed by atoms with Gasteiger partial charge in [-0.1, -0.05) is 42.3 Å². The molecule has 2 aromatic rings. The largest absolute Gasteiger partial charge is 0.493 e. The van der Waals surface area contributed by atoms with E-state index in [0.29, 0.717) is 18.0 Å². The van der Waals surface area contributed by atoms with Crippen LogP contribution in [0.5, 0.6) is 11.5 Å². The number of hydrogen-bond acceptors (Lipinski definition) is 3. The molecule has 0 aliphatic carbocycles. The van der Waals surface area contributed by atoms with Crippen LogP contribution in [0.4, 0.5) is 0 Å². The van der Waals surface area contributed by atoms with Gasteiger partial charge in [0.1, 0.15) is 6.61 Å². The van der Waals surface area contributed by atoms with E-state index in [1.54, 1.807) is 7.11 Å². The van der Waals surface area contributed by atoms with Crippen LogP contribution in [0, 0.1) is 12.3 Å². The molecule has 0 bridgehead atoms. The Morgan fingerprint density at radius 3 is 2.59 bits per heavy atom. The van der Waals surface area contributed by atoms with E-state index in [1.165, 1.54) is 5.56 Å². The Kier molecular flexibility index (Phi) is 8.58. The van der Waals surface area contributed by atoms with Crippen molar-refractivity contribution in [2.24, 2.45) is 4.99 Å². The second kappa shape index (κ2) is 11.5. The predicted octanol–water partition coefficient (Wildman–Crippen LogP) is 3.01. The zero-order valence-corrected chi connectivity index (χ0v) is 16.0. The zero-order valence-electron chi connectivity index (χ0n) is 16.0. The van der Waals surface area contributed by atoms with E-state index in [4.69, 9.17) is 15.9 Å².